The highest BCUT2D eigenvalue weighted by Gasteiger charge is 2.18. The van der Waals surface area contributed by atoms with E-state index in [1.54, 1.807) is 38.2 Å². The number of amides is 2. The van der Waals surface area contributed by atoms with Gasteiger partial charge in [-0.15, -0.1) is 0 Å². The topological polar surface area (TPSA) is 83.1 Å². The minimum absolute atomic E-state index is 0.286. The molecule has 1 heterocycles. The Morgan fingerprint density at radius 2 is 1.86 bits per heavy atom. The molecular formula is C13H13ClN4O2S. The molecule has 110 valence electrons. The Kier molecular flexibility index (Phi) is 4.77. The fraction of sp³-hybridized carbons (Fsp3) is 0.154. The Morgan fingerprint density at radius 1 is 1.19 bits per heavy atom. The van der Waals surface area contributed by atoms with Crippen LogP contribution >= 0.6 is 23.1 Å². The van der Waals surface area contributed by atoms with Crippen LogP contribution in [-0.2, 0) is 0 Å². The molecule has 21 heavy (non-hydrogen) atoms. The fourth-order valence-corrected chi connectivity index (χ4v) is 2.66. The molecule has 2 amide bonds. The number of hydrazine groups is 1. The molecule has 1 aromatic carbocycles. The Bertz CT molecular complexity index is 687. The minimum atomic E-state index is -0.485. The Labute approximate surface area is 130 Å². The second-order valence-corrected chi connectivity index (χ2v) is 5.29. The molecule has 0 bridgehead atoms. The van der Waals surface area contributed by atoms with Crippen molar-refractivity contribution in [1.29, 1.82) is 0 Å². The zero-order chi connectivity index (χ0) is 15.4. The maximum atomic E-state index is 12.1. The van der Waals surface area contributed by atoms with Gasteiger partial charge in [-0.1, -0.05) is 23.7 Å². The number of aryl methyl sites for hydroxylation is 1. The lowest BCUT2D eigenvalue weighted by molar-refractivity contribution is 0.0847. The van der Waals surface area contributed by atoms with Crippen LogP contribution < -0.4 is 16.2 Å². The van der Waals surface area contributed by atoms with Gasteiger partial charge in [-0.05, 0) is 30.6 Å². The molecular weight excluding hydrogens is 312 g/mol. The normalized spacial score (nSPS) is 10.0. The summed E-state index contributed by atoms with van der Waals surface area (Å²) >= 11 is 7.10. The van der Waals surface area contributed by atoms with Gasteiger partial charge < -0.3 is 5.32 Å². The van der Waals surface area contributed by atoms with Crippen molar-refractivity contribution in [1.82, 2.24) is 15.2 Å². The molecule has 1 aromatic heterocycles. The maximum Gasteiger partial charge on any atom is 0.274 e. The molecule has 2 rings (SSSR count). The summed E-state index contributed by atoms with van der Waals surface area (Å²) in [5.41, 5.74) is 5.97. The monoisotopic (exact) mass is 324 g/mol. The number of nitrogens with one attached hydrogen (secondary N) is 3. The Morgan fingerprint density at radius 3 is 2.52 bits per heavy atom. The number of carbonyl (C=O) groups is 2. The van der Waals surface area contributed by atoms with Crippen molar-refractivity contribution in [3.8, 4) is 0 Å². The van der Waals surface area contributed by atoms with E-state index in [1.807, 2.05) is 0 Å². The first-order valence-electron chi connectivity index (χ1n) is 6.03. The highest BCUT2D eigenvalue weighted by Crippen LogP contribution is 2.23. The Hall–Kier alpha value is -2.12. The number of anilines is 1. The maximum absolute atomic E-state index is 12.1. The highest BCUT2D eigenvalue weighted by atomic mass is 35.5. The van der Waals surface area contributed by atoms with Crippen molar-refractivity contribution in [2.24, 2.45) is 0 Å². The number of carbonyl (C=O) groups excluding carboxylic acids is 2. The second kappa shape index (κ2) is 6.55. The van der Waals surface area contributed by atoms with Crippen LogP contribution in [0.25, 0.3) is 0 Å². The molecule has 0 saturated carbocycles. The van der Waals surface area contributed by atoms with Gasteiger partial charge in [0.2, 0.25) is 0 Å². The summed E-state index contributed by atoms with van der Waals surface area (Å²) in [7, 11) is 1.70. The number of rotatable bonds is 3. The number of benzene rings is 1. The first-order valence-corrected chi connectivity index (χ1v) is 7.19. The van der Waals surface area contributed by atoms with Crippen LogP contribution in [0.3, 0.4) is 0 Å². The number of nitrogens with zero attached hydrogens (tertiary/aromatic N) is 1. The summed E-state index contributed by atoms with van der Waals surface area (Å²) in [6, 6.07) is 6.58. The van der Waals surface area contributed by atoms with E-state index in [2.05, 4.69) is 20.5 Å². The lowest BCUT2D eigenvalue weighted by atomic mass is 10.2. The van der Waals surface area contributed by atoms with Crippen molar-refractivity contribution in [3.63, 3.8) is 0 Å². The van der Waals surface area contributed by atoms with Crippen molar-refractivity contribution < 1.29 is 9.59 Å². The van der Waals surface area contributed by atoms with E-state index in [-0.39, 0.29) is 5.56 Å². The van der Waals surface area contributed by atoms with Gasteiger partial charge in [-0.25, -0.2) is 0 Å². The van der Waals surface area contributed by atoms with E-state index >= 15 is 0 Å². The highest BCUT2D eigenvalue weighted by molar-refractivity contribution is 7.10. The van der Waals surface area contributed by atoms with Gasteiger partial charge in [-0.3, -0.25) is 20.4 Å². The molecule has 8 heteroatoms. The smallest absolute Gasteiger partial charge is 0.274 e. The van der Waals surface area contributed by atoms with Crippen LogP contribution in [0.5, 0.6) is 0 Å². The molecule has 6 nitrogen and oxygen atoms in total. The summed E-state index contributed by atoms with van der Waals surface area (Å²) in [6.07, 6.45) is 0. The van der Waals surface area contributed by atoms with Crippen molar-refractivity contribution in [3.05, 3.63) is 46.1 Å². The van der Waals surface area contributed by atoms with E-state index in [0.717, 1.165) is 0 Å². The summed E-state index contributed by atoms with van der Waals surface area (Å²) in [4.78, 5) is 24.0. The summed E-state index contributed by atoms with van der Waals surface area (Å²) in [5, 5.41) is 3.84. The number of hydrogen-bond donors (Lipinski definition) is 3. The first kappa shape index (κ1) is 15.3. The third-order valence-electron chi connectivity index (χ3n) is 2.72. The van der Waals surface area contributed by atoms with E-state index in [9.17, 15) is 9.59 Å². The number of halogens is 1. The van der Waals surface area contributed by atoms with Gasteiger partial charge in [0.05, 0.1) is 21.8 Å². The van der Waals surface area contributed by atoms with Gasteiger partial charge in [0, 0.05) is 7.05 Å². The van der Waals surface area contributed by atoms with Gasteiger partial charge in [0.1, 0.15) is 5.00 Å². The van der Waals surface area contributed by atoms with E-state index < -0.39 is 11.8 Å². The van der Waals surface area contributed by atoms with Crippen molar-refractivity contribution >= 4 is 39.9 Å². The summed E-state index contributed by atoms with van der Waals surface area (Å²) in [6.45, 7) is 1.72. The van der Waals surface area contributed by atoms with E-state index in [1.165, 1.54) is 11.5 Å². The van der Waals surface area contributed by atoms with Gasteiger partial charge in [0.15, 0.2) is 0 Å². The first-order chi connectivity index (χ1) is 10.0. The third-order valence-corrected chi connectivity index (χ3v) is 4.01. The third kappa shape index (κ3) is 3.32. The van der Waals surface area contributed by atoms with Crippen LogP contribution in [0.15, 0.2) is 24.3 Å². The lowest BCUT2D eigenvalue weighted by Gasteiger charge is -2.09. The fourth-order valence-electron chi connectivity index (χ4n) is 1.70. The summed E-state index contributed by atoms with van der Waals surface area (Å²) < 4.78 is 4.09. The molecule has 0 unspecified atom stereocenters. The van der Waals surface area contributed by atoms with Crippen LogP contribution in [0.2, 0.25) is 5.02 Å². The molecule has 0 aliphatic rings. The molecule has 2 aromatic rings. The zero-order valence-electron chi connectivity index (χ0n) is 11.4. The second-order valence-electron chi connectivity index (χ2n) is 4.11. The molecule has 0 fully saturated rings. The quantitative estimate of drug-likeness (QED) is 0.756. The molecule has 0 radical (unpaired) electrons. The van der Waals surface area contributed by atoms with Gasteiger partial charge >= 0.3 is 0 Å². The van der Waals surface area contributed by atoms with E-state index in [0.29, 0.717) is 21.3 Å². The van der Waals surface area contributed by atoms with Crippen molar-refractivity contribution in [2.75, 3.05) is 12.4 Å². The van der Waals surface area contributed by atoms with Crippen LogP contribution in [0.1, 0.15) is 26.4 Å². The minimum Gasteiger partial charge on any atom is -0.378 e. The molecule has 0 atom stereocenters. The van der Waals surface area contributed by atoms with Crippen LogP contribution in [-0.4, -0.2) is 23.2 Å². The molecule has 0 aliphatic carbocycles. The van der Waals surface area contributed by atoms with E-state index in [4.69, 9.17) is 11.6 Å². The number of hydrogen-bond acceptors (Lipinski definition) is 5. The molecule has 0 saturated heterocycles. The number of aromatic nitrogens is 1. The lowest BCUT2D eigenvalue weighted by Crippen LogP contribution is -2.42. The van der Waals surface area contributed by atoms with Gasteiger partial charge in [0.25, 0.3) is 11.8 Å². The SMILES string of the molecule is CNc1snc(C)c1C(=O)NNC(=O)c1ccccc1Cl. The zero-order valence-corrected chi connectivity index (χ0v) is 12.9. The van der Waals surface area contributed by atoms with Gasteiger partial charge in [-0.2, -0.15) is 4.37 Å². The predicted octanol–water partition coefficient (Wildman–Crippen LogP) is 2.22. The molecule has 3 N–H and O–H groups in total. The predicted molar refractivity (Wildman–Crippen MR) is 82.8 cm³/mol. The standard InChI is InChI=1S/C13H13ClN4O2S/c1-7-10(13(15-2)21-18-7)12(20)17-16-11(19)8-5-3-4-6-9(8)14/h3-6,15H,1-2H3,(H,16,19)(H,17,20). The average Bonchev–Trinajstić information content (AvgIpc) is 2.86. The summed E-state index contributed by atoms with van der Waals surface area (Å²) in [5.74, 6) is -0.924. The van der Waals surface area contributed by atoms with Crippen LogP contribution in [0, 0.1) is 6.92 Å². The average molecular weight is 325 g/mol. The Balaban J connectivity index is 2.06. The molecule has 0 spiro atoms. The molecule has 0 aliphatic heterocycles. The largest absolute Gasteiger partial charge is 0.378 e. The van der Waals surface area contributed by atoms with Crippen LogP contribution in [0.4, 0.5) is 5.00 Å². The van der Waals surface area contributed by atoms with Crippen molar-refractivity contribution in [2.45, 2.75) is 6.92 Å².